The van der Waals surface area contributed by atoms with Crippen LogP contribution in [-0.2, 0) is 6.54 Å². The van der Waals surface area contributed by atoms with Gasteiger partial charge < -0.3 is 0 Å². The quantitative estimate of drug-likeness (QED) is 0.854. The first kappa shape index (κ1) is 13.7. The zero-order chi connectivity index (χ0) is 13.0. The van der Waals surface area contributed by atoms with Crippen LogP contribution >= 0.6 is 23.4 Å². The zero-order valence-electron chi connectivity index (χ0n) is 10.4. The predicted molar refractivity (Wildman–Crippen MR) is 75.6 cm³/mol. The van der Waals surface area contributed by atoms with E-state index in [4.69, 9.17) is 11.6 Å². The van der Waals surface area contributed by atoms with E-state index in [0.29, 0.717) is 0 Å². The lowest BCUT2D eigenvalue weighted by Crippen LogP contribution is -2.41. The van der Waals surface area contributed by atoms with E-state index in [0.717, 1.165) is 43.1 Å². The first-order chi connectivity index (χ1) is 8.69. The Hall–Kier alpha value is -0.760. The molecule has 1 aliphatic rings. The molecule has 0 amide bonds. The largest absolute Gasteiger partial charge is 0.299 e. The van der Waals surface area contributed by atoms with E-state index in [9.17, 15) is 5.26 Å². The molecule has 0 unspecified atom stereocenters. The Labute approximate surface area is 117 Å². The van der Waals surface area contributed by atoms with E-state index in [1.54, 1.807) is 24.2 Å². The van der Waals surface area contributed by atoms with E-state index >= 15 is 0 Å². The number of rotatable bonds is 3. The summed E-state index contributed by atoms with van der Waals surface area (Å²) in [7, 11) is 0. The van der Waals surface area contributed by atoms with Crippen molar-refractivity contribution < 1.29 is 0 Å². The van der Waals surface area contributed by atoms with Crippen LogP contribution in [0.15, 0.2) is 18.5 Å². The number of nitriles is 1. The number of hydrogen-bond donors (Lipinski definition) is 0. The lowest BCUT2D eigenvalue weighted by Gasteiger charge is -2.36. The highest BCUT2D eigenvalue weighted by Gasteiger charge is 2.33. The van der Waals surface area contributed by atoms with Gasteiger partial charge in [-0.1, -0.05) is 11.6 Å². The molecule has 1 aliphatic heterocycles. The molecule has 5 heteroatoms. The summed E-state index contributed by atoms with van der Waals surface area (Å²) in [6.45, 7) is 2.75. The van der Waals surface area contributed by atoms with Gasteiger partial charge in [0.15, 0.2) is 0 Å². The maximum atomic E-state index is 9.24. The number of thioether (sulfide) groups is 1. The zero-order valence-corrected chi connectivity index (χ0v) is 12.0. The molecule has 0 atom stereocenters. The van der Waals surface area contributed by atoms with Gasteiger partial charge in [0.25, 0.3) is 0 Å². The Balaban J connectivity index is 1.96. The Morgan fingerprint density at radius 2 is 2.28 bits per heavy atom. The Morgan fingerprint density at radius 1 is 1.56 bits per heavy atom. The van der Waals surface area contributed by atoms with Crippen molar-refractivity contribution in [3.63, 3.8) is 0 Å². The van der Waals surface area contributed by atoms with Crippen LogP contribution in [0.4, 0.5) is 0 Å². The van der Waals surface area contributed by atoms with Gasteiger partial charge in [0, 0.05) is 32.0 Å². The number of pyridine rings is 1. The summed E-state index contributed by atoms with van der Waals surface area (Å²) in [5, 5.41) is 9.96. The summed E-state index contributed by atoms with van der Waals surface area (Å²) < 4.78 is -0.182. The number of hydrogen-bond acceptors (Lipinski definition) is 4. The second-order valence-corrected chi connectivity index (χ2v) is 6.15. The van der Waals surface area contributed by atoms with Gasteiger partial charge in [0.2, 0.25) is 0 Å². The fourth-order valence-corrected chi connectivity index (χ4v) is 3.07. The fraction of sp³-hybridized carbons (Fsp3) is 0.538. The van der Waals surface area contributed by atoms with Gasteiger partial charge >= 0.3 is 0 Å². The van der Waals surface area contributed by atoms with Crippen LogP contribution in [0, 0.1) is 11.3 Å². The van der Waals surface area contributed by atoms with Crippen LogP contribution in [0.2, 0.25) is 5.02 Å². The maximum Gasteiger partial charge on any atom is 0.104 e. The van der Waals surface area contributed by atoms with Crippen LogP contribution in [-0.4, -0.2) is 34.0 Å². The Morgan fingerprint density at radius 3 is 2.83 bits per heavy atom. The highest BCUT2D eigenvalue weighted by atomic mass is 35.5. The van der Waals surface area contributed by atoms with Gasteiger partial charge in [0.1, 0.15) is 4.75 Å². The molecule has 0 saturated carbocycles. The standard InChI is InChI=1S/C13H16ClN3S/c1-18-13(10-15)3-6-17(7-4-13)9-11-2-5-16-8-12(11)14/h2,5,8H,3-4,6-7,9H2,1H3. The van der Waals surface area contributed by atoms with Gasteiger partial charge in [-0.3, -0.25) is 9.88 Å². The molecule has 1 saturated heterocycles. The number of aromatic nitrogens is 1. The minimum Gasteiger partial charge on any atom is -0.299 e. The molecule has 3 nitrogen and oxygen atoms in total. The van der Waals surface area contributed by atoms with Crippen LogP contribution in [0.5, 0.6) is 0 Å². The molecule has 2 heterocycles. The van der Waals surface area contributed by atoms with Crippen molar-refractivity contribution in [1.82, 2.24) is 9.88 Å². The molecule has 0 aromatic carbocycles. The van der Waals surface area contributed by atoms with Crippen molar-refractivity contribution in [3.8, 4) is 6.07 Å². The molecule has 96 valence electrons. The molecule has 18 heavy (non-hydrogen) atoms. The average molecular weight is 282 g/mol. The Bertz CT molecular complexity index is 450. The van der Waals surface area contributed by atoms with Crippen molar-refractivity contribution in [2.24, 2.45) is 0 Å². The normalized spacial score (nSPS) is 19.4. The van der Waals surface area contributed by atoms with Crippen molar-refractivity contribution in [2.75, 3.05) is 19.3 Å². The number of likely N-dealkylation sites (tertiary alicyclic amines) is 1. The second kappa shape index (κ2) is 5.92. The van der Waals surface area contributed by atoms with Gasteiger partial charge in [0.05, 0.1) is 11.1 Å². The smallest absolute Gasteiger partial charge is 0.104 e. The van der Waals surface area contributed by atoms with E-state index in [2.05, 4.69) is 16.0 Å². The second-order valence-electron chi connectivity index (χ2n) is 4.55. The van der Waals surface area contributed by atoms with Crippen LogP contribution in [0.1, 0.15) is 18.4 Å². The van der Waals surface area contributed by atoms with Crippen LogP contribution in [0.25, 0.3) is 0 Å². The molecule has 0 spiro atoms. The van der Waals surface area contributed by atoms with E-state index in [1.807, 2.05) is 12.3 Å². The molecule has 1 fully saturated rings. The average Bonchev–Trinajstić information content (AvgIpc) is 2.43. The summed E-state index contributed by atoms with van der Waals surface area (Å²) in [5.74, 6) is 0. The molecular weight excluding hydrogens is 266 g/mol. The summed E-state index contributed by atoms with van der Waals surface area (Å²) >= 11 is 7.79. The monoisotopic (exact) mass is 281 g/mol. The molecule has 2 rings (SSSR count). The Kier molecular flexibility index (Phi) is 4.50. The maximum absolute atomic E-state index is 9.24. The summed E-state index contributed by atoms with van der Waals surface area (Å²) in [6.07, 6.45) is 7.33. The van der Waals surface area contributed by atoms with Crippen molar-refractivity contribution in [1.29, 1.82) is 5.26 Å². The van der Waals surface area contributed by atoms with Crippen LogP contribution < -0.4 is 0 Å². The van der Waals surface area contributed by atoms with Gasteiger partial charge in [-0.15, -0.1) is 11.8 Å². The van der Waals surface area contributed by atoms with Gasteiger partial charge in [-0.2, -0.15) is 5.26 Å². The third kappa shape index (κ3) is 2.97. The molecule has 1 aromatic rings. The van der Waals surface area contributed by atoms with E-state index in [1.165, 1.54) is 0 Å². The molecule has 0 N–H and O–H groups in total. The molecule has 0 aliphatic carbocycles. The lowest BCUT2D eigenvalue weighted by atomic mass is 9.97. The van der Waals surface area contributed by atoms with Crippen molar-refractivity contribution in [3.05, 3.63) is 29.0 Å². The minimum absolute atomic E-state index is 0.182. The van der Waals surface area contributed by atoms with Crippen molar-refractivity contribution in [2.45, 2.75) is 24.1 Å². The minimum atomic E-state index is -0.182. The lowest BCUT2D eigenvalue weighted by molar-refractivity contribution is 0.209. The number of piperidine rings is 1. The topological polar surface area (TPSA) is 39.9 Å². The van der Waals surface area contributed by atoms with Gasteiger partial charge in [-0.05, 0) is 30.7 Å². The third-order valence-corrected chi connectivity index (χ3v) is 5.13. The summed E-state index contributed by atoms with van der Waals surface area (Å²) in [4.78, 5) is 6.34. The molecule has 0 radical (unpaired) electrons. The fourth-order valence-electron chi connectivity index (χ4n) is 2.21. The molecule has 1 aromatic heterocycles. The highest BCUT2D eigenvalue weighted by molar-refractivity contribution is 8.00. The molecule has 0 bridgehead atoms. The van der Waals surface area contributed by atoms with Crippen molar-refractivity contribution >= 4 is 23.4 Å². The summed E-state index contributed by atoms with van der Waals surface area (Å²) in [5.41, 5.74) is 1.11. The van der Waals surface area contributed by atoms with E-state index in [-0.39, 0.29) is 4.75 Å². The summed E-state index contributed by atoms with van der Waals surface area (Å²) in [6, 6.07) is 4.42. The first-order valence-corrected chi connectivity index (χ1v) is 7.56. The van der Waals surface area contributed by atoms with Gasteiger partial charge in [-0.25, -0.2) is 0 Å². The van der Waals surface area contributed by atoms with E-state index < -0.39 is 0 Å². The molecular formula is C13H16ClN3S. The highest BCUT2D eigenvalue weighted by Crippen LogP contribution is 2.34. The number of halogens is 1. The predicted octanol–water partition coefficient (Wildman–Crippen LogP) is 2.96. The SMILES string of the molecule is CSC1(C#N)CCN(Cc2ccncc2Cl)CC1. The van der Waals surface area contributed by atoms with Crippen LogP contribution in [0.3, 0.4) is 0 Å². The first-order valence-electron chi connectivity index (χ1n) is 5.96. The number of nitrogens with zero attached hydrogens (tertiary/aromatic N) is 3. The third-order valence-electron chi connectivity index (χ3n) is 3.51.